The van der Waals surface area contributed by atoms with Crippen LogP contribution in [0, 0.1) is 5.92 Å². The summed E-state index contributed by atoms with van der Waals surface area (Å²) in [6, 6.07) is 6.79. The normalized spacial score (nSPS) is 19.5. The van der Waals surface area contributed by atoms with E-state index in [-0.39, 0.29) is 24.0 Å². The van der Waals surface area contributed by atoms with Gasteiger partial charge in [0.05, 0.1) is 17.6 Å². The lowest BCUT2D eigenvalue weighted by Crippen LogP contribution is -2.52. The third kappa shape index (κ3) is 7.14. The number of carbonyl (C=O) groups is 1. The average molecular weight is 414 g/mol. The van der Waals surface area contributed by atoms with Crippen molar-refractivity contribution in [3.05, 3.63) is 30.3 Å². The fourth-order valence-electron chi connectivity index (χ4n) is 3.15. The van der Waals surface area contributed by atoms with Gasteiger partial charge in [-0.1, -0.05) is 32.0 Å². The summed E-state index contributed by atoms with van der Waals surface area (Å²) in [4.78, 5) is 14.9. The van der Waals surface area contributed by atoms with Crippen LogP contribution in [0.15, 0.2) is 35.2 Å². The van der Waals surface area contributed by atoms with E-state index in [0.717, 1.165) is 19.6 Å². The van der Waals surface area contributed by atoms with E-state index in [0.29, 0.717) is 19.1 Å². The number of benzene rings is 1. The van der Waals surface area contributed by atoms with Gasteiger partial charge in [0.15, 0.2) is 0 Å². The highest BCUT2D eigenvalue weighted by molar-refractivity contribution is 7.89. The Kier molecular flexibility index (Phi) is 8.84. The van der Waals surface area contributed by atoms with E-state index in [9.17, 15) is 18.3 Å². The molecule has 1 aliphatic rings. The third-order valence-electron chi connectivity index (χ3n) is 4.44. The van der Waals surface area contributed by atoms with Crippen molar-refractivity contribution in [3.8, 4) is 0 Å². The number of amides is 1. The predicted octanol–water partition coefficient (Wildman–Crippen LogP) is 0.189. The molecule has 0 aliphatic carbocycles. The molecule has 158 valence electrons. The van der Waals surface area contributed by atoms with Gasteiger partial charge in [-0.2, -0.15) is 4.72 Å². The summed E-state index contributed by atoms with van der Waals surface area (Å²) in [6.45, 7) is 7.46. The van der Waals surface area contributed by atoms with Crippen molar-refractivity contribution in [2.24, 2.45) is 5.92 Å². The topological polar surface area (TPSA) is 108 Å². The van der Waals surface area contributed by atoms with Gasteiger partial charge in [-0.25, -0.2) is 8.42 Å². The first-order valence-corrected chi connectivity index (χ1v) is 11.1. The van der Waals surface area contributed by atoms with Crippen molar-refractivity contribution in [2.75, 3.05) is 39.4 Å². The van der Waals surface area contributed by atoms with Crippen LogP contribution < -0.4 is 10.0 Å². The van der Waals surface area contributed by atoms with Gasteiger partial charge in [0, 0.05) is 32.8 Å². The number of sulfonamides is 1. The number of carbonyl (C=O) groups excluding carboxylic acids is 1. The smallest absolute Gasteiger partial charge is 0.241 e. The highest BCUT2D eigenvalue weighted by atomic mass is 32.2. The second-order valence-corrected chi connectivity index (χ2v) is 9.10. The highest BCUT2D eigenvalue weighted by Crippen LogP contribution is 2.10. The minimum atomic E-state index is -3.85. The summed E-state index contributed by atoms with van der Waals surface area (Å²) < 4.78 is 33.0. The van der Waals surface area contributed by atoms with E-state index in [2.05, 4.69) is 28.8 Å². The van der Waals surface area contributed by atoms with E-state index in [1.807, 2.05) is 0 Å². The molecule has 1 aromatic carbocycles. The van der Waals surface area contributed by atoms with Crippen LogP contribution >= 0.6 is 0 Å². The Morgan fingerprint density at radius 3 is 2.68 bits per heavy atom. The molecule has 1 saturated heterocycles. The molecule has 0 bridgehead atoms. The number of rotatable bonds is 10. The Balaban J connectivity index is 1.92. The first-order valence-electron chi connectivity index (χ1n) is 9.61. The SMILES string of the molecule is CC(C)CN1CCO[C@@H](CNC(=O)[C@@H](CCO)NS(=O)(=O)c2ccccc2)C1. The zero-order valence-electron chi connectivity index (χ0n) is 16.5. The van der Waals surface area contributed by atoms with Crippen molar-refractivity contribution in [1.82, 2.24) is 14.9 Å². The van der Waals surface area contributed by atoms with Gasteiger partial charge >= 0.3 is 0 Å². The molecular formula is C19H31N3O5S. The van der Waals surface area contributed by atoms with E-state index in [4.69, 9.17) is 4.74 Å². The van der Waals surface area contributed by atoms with E-state index in [1.54, 1.807) is 18.2 Å². The summed E-state index contributed by atoms with van der Waals surface area (Å²) >= 11 is 0. The molecule has 0 unspecified atom stereocenters. The highest BCUT2D eigenvalue weighted by Gasteiger charge is 2.27. The molecule has 9 heteroatoms. The number of morpholine rings is 1. The standard InChI is InChI=1S/C19H31N3O5S/c1-15(2)13-22-9-11-27-16(14-22)12-20-19(24)18(8-10-23)21-28(25,26)17-6-4-3-5-7-17/h3-7,15-16,18,21,23H,8-14H2,1-2H3,(H,20,24)/t16-,18+/m0/s1. The van der Waals surface area contributed by atoms with Gasteiger partial charge in [-0.3, -0.25) is 9.69 Å². The first kappa shape index (κ1) is 22.8. The van der Waals surface area contributed by atoms with Crippen molar-refractivity contribution in [1.29, 1.82) is 0 Å². The average Bonchev–Trinajstić information content (AvgIpc) is 2.66. The Morgan fingerprint density at radius 1 is 1.32 bits per heavy atom. The van der Waals surface area contributed by atoms with Crippen molar-refractivity contribution < 1.29 is 23.1 Å². The largest absolute Gasteiger partial charge is 0.396 e. The quantitative estimate of drug-likeness (QED) is 0.505. The summed E-state index contributed by atoms with van der Waals surface area (Å²) in [5.41, 5.74) is 0. The zero-order chi connectivity index (χ0) is 20.6. The van der Waals surface area contributed by atoms with Crippen LogP contribution in [0.4, 0.5) is 0 Å². The van der Waals surface area contributed by atoms with Crippen molar-refractivity contribution >= 4 is 15.9 Å². The fourth-order valence-corrected chi connectivity index (χ4v) is 4.40. The number of hydrogen-bond donors (Lipinski definition) is 3. The Labute approximate surface area is 167 Å². The minimum absolute atomic E-state index is 0.0110. The number of ether oxygens (including phenoxy) is 1. The molecule has 28 heavy (non-hydrogen) atoms. The number of aliphatic hydroxyl groups excluding tert-OH is 1. The summed E-state index contributed by atoms with van der Waals surface area (Å²) in [5.74, 6) is 0.0767. The molecule has 1 heterocycles. The second-order valence-electron chi connectivity index (χ2n) is 7.39. The maximum absolute atomic E-state index is 12.5. The van der Waals surface area contributed by atoms with E-state index < -0.39 is 22.0 Å². The molecule has 1 amide bonds. The lowest BCUT2D eigenvalue weighted by atomic mass is 10.1. The molecule has 0 spiro atoms. The molecule has 0 aromatic heterocycles. The minimum Gasteiger partial charge on any atom is -0.396 e. The molecule has 1 aliphatic heterocycles. The van der Waals surface area contributed by atoms with Gasteiger partial charge in [0.2, 0.25) is 15.9 Å². The Morgan fingerprint density at radius 2 is 2.04 bits per heavy atom. The number of hydrogen-bond acceptors (Lipinski definition) is 6. The molecule has 2 atom stereocenters. The zero-order valence-corrected chi connectivity index (χ0v) is 17.3. The van der Waals surface area contributed by atoms with Crippen molar-refractivity contribution in [2.45, 2.75) is 37.3 Å². The van der Waals surface area contributed by atoms with Crippen LogP contribution in [-0.4, -0.2) is 75.9 Å². The van der Waals surface area contributed by atoms with Gasteiger partial charge in [0.25, 0.3) is 0 Å². The maximum Gasteiger partial charge on any atom is 0.241 e. The molecule has 1 fully saturated rings. The number of nitrogens with zero attached hydrogens (tertiary/aromatic N) is 1. The molecule has 8 nitrogen and oxygen atoms in total. The number of nitrogens with one attached hydrogen (secondary N) is 2. The van der Waals surface area contributed by atoms with E-state index >= 15 is 0 Å². The second kappa shape index (κ2) is 10.9. The van der Waals surface area contributed by atoms with Crippen LogP contribution in [0.1, 0.15) is 20.3 Å². The van der Waals surface area contributed by atoms with Gasteiger partial charge < -0.3 is 15.2 Å². The van der Waals surface area contributed by atoms with Crippen LogP contribution in [0.25, 0.3) is 0 Å². The van der Waals surface area contributed by atoms with E-state index in [1.165, 1.54) is 12.1 Å². The Bertz CT molecular complexity index is 712. The molecule has 0 radical (unpaired) electrons. The van der Waals surface area contributed by atoms with Gasteiger partial charge in [-0.15, -0.1) is 0 Å². The predicted molar refractivity (Wildman–Crippen MR) is 106 cm³/mol. The van der Waals surface area contributed by atoms with Crippen LogP contribution in [-0.2, 0) is 19.6 Å². The van der Waals surface area contributed by atoms with Crippen LogP contribution in [0.2, 0.25) is 0 Å². The first-order chi connectivity index (χ1) is 13.3. The van der Waals surface area contributed by atoms with Crippen molar-refractivity contribution in [3.63, 3.8) is 0 Å². The monoisotopic (exact) mass is 413 g/mol. The molecule has 2 rings (SSSR count). The summed E-state index contributed by atoms with van der Waals surface area (Å²) in [6.07, 6.45) is -0.153. The summed E-state index contributed by atoms with van der Waals surface area (Å²) in [5, 5.41) is 12.0. The van der Waals surface area contributed by atoms with Gasteiger partial charge in [-0.05, 0) is 24.5 Å². The van der Waals surface area contributed by atoms with Crippen LogP contribution in [0.3, 0.4) is 0 Å². The molecule has 0 saturated carbocycles. The molecule has 1 aromatic rings. The Hall–Kier alpha value is -1.52. The lowest BCUT2D eigenvalue weighted by molar-refractivity contribution is -0.124. The third-order valence-corrected chi connectivity index (χ3v) is 5.92. The molecule has 3 N–H and O–H groups in total. The van der Waals surface area contributed by atoms with Crippen LogP contribution in [0.5, 0.6) is 0 Å². The number of aliphatic hydroxyl groups is 1. The lowest BCUT2D eigenvalue weighted by Gasteiger charge is -2.34. The summed E-state index contributed by atoms with van der Waals surface area (Å²) in [7, 11) is -3.85. The fraction of sp³-hybridized carbons (Fsp3) is 0.632. The maximum atomic E-state index is 12.5. The van der Waals surface area contributed by atoms with Gasteiger partial charge in [0.1, 0.15) is 6.04 Å². The molecular weight excluding hydrogens is 382 g/mol.